The van der Waals surface area contributed by atoms with Gasteiger partial charge in [0.15, 0.2) is 0 Å². The number of aliphatic carboxylic acids is 1. The van der Waals surface area contributed by atoms with Crippen molar-refractivity contribution in [1.82, 2.24) is 4.98 Å². The lowest BCUT2D eigenvalue weighted by atomic mass is 10.2. The molecule has 0 saturated carbocycles. The normalized spacial score (nSPS) is 10.2. The average molecular weight is 279 g/mol. The van der Waals surface area contributed by atoms with E-state index in [1.807, 2.05) is 12.1 Å². The van der Waals surface area contributed by atoms with E-state index in [0.29, 0.717) is 17.2 Å². The van der Waals surface area contributed by atoms with E-state index in [1.54, 1.807) is 25.7 Å². The summed E-state index contributed by atoms with van der Waals surface area (Å²) in [5.41, 5.74) is 1.40. The van der Waals surface area contributed by atoms with Crippen LogP contribution in [0.15, 0.2) is 23.6 Å². The fourth-order valence-electron chi connectivity index (χ4n) is 1.61. The van der Waals surface area contributed by atoms with Crippen molar-refractivity contribution in [2.24, 2.45) is 0 Å². The van der Waals surface area contributed by atoms with Crippen LogP contribution in [0.5, 0.6) is 11.5 Å². The third-order valence-electron chi connectivity index (χ3n) is 2.48. The summed E-state index contributed by atoms with van der Waals surface area (Å²) in [4.78, 5) is 14.9. The Morgan fingerprint density at radius 1 is 1.26 bits per heavy atom. The predicted octanol–water partition coefficient (Wildman–Crippen LogP) is 2.45. The molecule has 0 aliphatic carbocycles. The van der Waals surface area contributed by atoms with Gasteiger partial charge in [0.05, 0.1) is 26.3 Å². The van der Waals surface area contributed by atoms with Gasteiger partial charge in [-0.05, 0) is 12.1 Å². The fraction of sp³-hybridized carbons (Fsp3) is 0.231. The van der Waals surface area contributed by atoms with Crippen molar-refractivity contribution in [3.63, 3.8) is 0 Å². The highest BCUT2D eigenvalue weighted by Crippen LogP contribution is 2.31. The molecule has 1 heterocycles. The van der Waals surface area contributed by atoms with E-state index in [-0.39, 0.29) is 6.42 Å². The number of carboxylic acids is 1. The second-order valence-corrected chi connectivity index (χ2v) is 4.67. The maximum atomic E-state index is 10.6. The maximum Gasteiger partial charge on any atom is 0.309 e. The van der Waals surface area contributed by atoms with Gasteiger partial charge in [-0.1, -0.05) is 0 Å². The molecule has 1 aromatic heterocycles. The van der Waals surface area contributed by atoms with Crippen LogP contribution >= 0.6 is 11.3 Å². The van der Waals surface area contributed by atoms with Crippen LogP contribution in [0.3, 0.4) is 0 Å². The topological polar surface area (TPSA) is 68.7 Å². The summed E-state index contributed by atoms with van der Waals surface area (Å²) < 4.78 is 10.4. The molecule has 0 fully saturated rings. The molecule has 0 radical (unpaired) electrons. The lowest BCUT2D eigenvalue weighted by Crippen LogP contribution is -1.99. The second-order valence-electron chi connectivity index (χ2n) is 3.82. The average Bonchev–Trinajstić information content (AvgIpc) is 2.85. The SMILES string of the molecule is COc1cc(OC)cc(-c2nc(CC(=O)O)cs2)c1. The van der Waals surface area contributed by atoms with Gasteiger partial charge in [-0.2, -0.15) is 0 Å². The first-order valence-electron chi connectivity index (χ1n) is 5.52. The number of ether oxygens (including phenoxy) is 2. The summed E-state index contributed by atoms with van der Waals surface area (Å²) in [5.74, 6) is 0.453. The number of hydrogen-bond acceptors (Lipinski definition) is 5. The number of hydrogen-bond donors (Lipinski definition) is 1. The molecule has 1 aromatic carbocycles. The Hall–Kier alpha value is -2.08. The zero-order valence-corrected chi connectivity index (χ0v) is 11.4. The van der Waals surface area contributed by atoms with Crippen LogP contribution in [-0.2, 0) is 11.2 Å². The first-order valence-corrected chi connectivity index (χ1v) is 6.40. The molecule has 0 bridgehead atoms. The molecule has 19 heavy (non-hydrogen) atoms. The van der Waals surface area contributed by atoms with Crippen molar-refractivity contribution >= 4 is 17.3 Å². The molecule has 0 atom stereocenters. The molecule has 0 saturated heterocycles. The molecule has 1 N–H and O–H groups in total. The number of methoxy groups -OCH3 is 2. The van der Waals surface area contributed by atoms with Crippen molar-refractivity contribution in [3.05, 3.63) is 29.3 Å². The Balaban J connectivity index is 2.35. The monoisotopic (exact) mass is 279 g/mol. The van der Waals surface area contributed by atoms with Crippen LogP contribution in [0.2, 0.25) is 0 Å². The maximum absolute atomic E-state index is 10.6. The van der Waals surface area contributed by atoms with Crippen LogP contribution < -0.4 is 9.47 Å². The van der Waals surface area contributed by atoms with Gasteiger partial charge in [-0.3, -0.25) is 4.79 Å². The minimum absolute atomic E-state index is 0.0718. The van der Waals surface area contributed by atoms with Gasteiger partial charge >= 0.3 is 5.97 Å². The smallest absolute Gasteiger partial charge is 0.309 e. The number of carboxylic acid groups (broad SMARTS) is 1. The summed E-state index contributed by atoms with van der Waals surface area (Å²) in [7, 11) is 3.16. The van der Waals surface area contributed by atoms with E-state index in [9.17, 15) is 4.79 Å². The van der Waals surface area contributed by atoms with Gasteiger partial charge in [-0.25, -0.2) is 4.98 Å². The Kier molecular flexibility index (Phi) is 4.01. The van der Waals surface area contributed by atoms with Crippen molar-refractivity contribution < 1.29 is 19.4 Å². The van der Waals surface area contributed by atoms with Crippen molar-refractivity contribution in [2.45, 2.75) is 6.42 Å². The molecule has 0 spiro atoms. The molecule has 0 aliphatic heterocycles. The Bertz CT molecular complexity index is 572. The molecule has 2 rings (SSSR count). The zero-order valence-electron chi connectivity index (χ0n) is 10.5. The number of aromatic nitrogens is 1. The Morgan fingerprint density at radius 2 is 1.89 bits per heavy atom. The number of rotatable bonds is 5. The van der Waals surface area contributed by atoms with Crippen LogP contribution in [0.25, 0.3) is 10.6 Å². The summed E-state index contributed by atoms with van der Waals surface area (Å²) in [5, 5.41) is 11.2. The predicted molar refractivity (Wildman–Crippen MR) is 72.0 cm³/mol. The van der Waals surface area contributed by atoms with Crippen LogP contribution in [-0.4, -0.2) is 30.3 Å². The van der Waals surface area contributed by atoms with Gasteiger partial charge < -0.3 is 14.6 Å². The van der Waals surface area contributed by atoms with E-state index in [0.717, 1.165) is 10.6 Å². The van der Waals surface area contributed by atoms with Crippen molar-refractivity contribution in [2.75, 3.05) is 14.2 Å². The third kappa shape index (κ3) is 3.23. The van der Waals surface area contributed by atoms with E-state index in [2.05, 4.69) is 4.98 Å². The highest BCUT2D eigenvalue weighted by Gasteiger charge is 2.10. The Morgan fingerprint density at radius 3 is 2.42 bits per heavy atom. The van der Waals surface area contributed by atoms with Gasteiger partial charge in [0.1, 0.15) is 16.5 Å². The molecule has 100 valence electrons. The van der Waals surface area contributed by atoms with E-state index in [1.165, 1.54) is 11.3 Å². The Labute approximate surface area is 114 Å². The number of nitrogens with zero attached hydrogens (tertiary/aromatic N) is 1. The lowest BCUT2D eigenvalue weighted by Gasteiger charge is -2.06. The lowest BCUT2D eigenvalue weighted by molar-refractivity contribution is -0.136. The van der Waals surface area contributed by atoms with Gasteiger partial charge in [-0.15, -0.1) is 11.3 Å². The summed E-state index contributed by atoms with van der Waals surface area (Å²) in [6, 6.07) is 5.45. The summed E-state index contributed by atoms with van der Waals surface area (Å²) in [6.45, 7) is 0. The molecular formula is C13H13NO4S. The van der Waals surface area contributed by atoms with Gasteiger partial charge in [0.25, 0.3) is 0 Å². The van der Waals surface area contributed by atoms with Crippen LogP contribution in [0, 0.1) is 0 Å². The minimum atomic E-state index is -0.889. The number of carbonyl (C=O) groups is 1. The van der Waals surface area contributed by atoms with Gasteiger partial charge in [0, 0.05) is 17.0 Å². The zero-order chi connectivity index (χ0) is 13.8. The van der Waals surface area contributed by atoms with E-state index in [4.69, 9.17) is 14.6 Å². The quantitative estimate of drug-likeness (QED) is 0.910. The highest BCUT2D eigenvalue weighted by molar-refractivity contribution is 7.13. The molecule has 6 heteroatoms. The van der Waals surface area contributed by atoms with Crippen molar-refractivity contribution in [3.8, 4) is 22.1 Å². The number of thiazole rings is 1. The van der Waals surface area contributed by atoms with Crippen molar-refractivity contribution in [1.29, 1.82) is 0 Å². The summed E-state index contributed by atoms with van der Waals surface area (Å²) >= 11 is 1.40. The molecular weight excluding hydrogens is 266 g/mol. The number of benzene rings is 1. The summed E-state index contributed by atoms with van der Waals surface area (Å²) in [6.07, 6.45) is -0.0718. The van der Waals surface area contributed by atoms with E-state index < -0.39 is 5.97 Å². The largest absolute Gasteiger partial charge is 0.497 e. The molecule has 0 amide bonds. The molecule has 2 aromatic rings. The van der Waals surface area contributed by atoms with Gasteiger partial charge in [0.2, 0.25) is 0 Å². The van der Waals surface area contributed by atoms with Crippen LogP contribution in [0.1, 0.15) is 5.69 Å². The minimum Gasteiger partial charge on any atom is -0.497 e. The first-order chi connectivity index (χ1) is 9.12. The third-order valence-corrected chi connectivity index (χ3v) is 3.42. The molecule has 0 aliphatic rings. The second kappa shape index (κ2) is 5.71. The van der Waals surface area contributed by atoms with Crippen LogP contribution in [0.4, 0.5) is 0 Å². The highest BCUT2D eigenvalue weighted by atomic mass is 32.1. The molecule has 5 nitrogen and oxygen atoms in total. The first kappa shape index (κ1) is 13.4. The molecule has 0 unspecified atom stereocenters. The standard InChI is InChI=1S/C13H13NO4S/c1-17-10-3-8(4-11(6-10)18-2)13-14-9(7-19-13)5-12(15)16/h3-4,6-7H,5H2,1-2H3,(H,15,16). The van der Waals surface area contributed by atoms with E-state index >= 15 is 0 Å². The fourth-order valence-corrected chi connectivity index (χ4v) is 2.41.